The number of methoxy groups -OCH3 is 1. The second-order valence-electron chi connectivity index (χ2n) is 6.12. The fraction of sp³-hybridized carbons (Fsp3) is 0.588. The lowest BCUT2D eigenvalue weighted by molar-refractivity contribution is -0.131. The molecule has 0 aliphatic carbocycles. The number of ether oxygens (including phenoxy) is 1. The second kappa shape index (κ2) is 9.55. The molecule has 0 bridgehead atoms. The molecule has 0 atom stereocenters. The quantitative estimate of drug-likeness (QED) is 0.712. The van der Waals surface area contributed by atoms with E-state index in [1.807, 2.05) is 6.92 Å². The molecule has 1 fully saturated rings. The fourth-order valence-corrected chi connectivity index (χ4v) is 4.62. The zero-order chi connectivity index (χ0) is 19.2. The lowest BCUT2D eigenvalue weighted by Crippen LogP contribution is -2.50. The molecule has 1 N–H and O–H groups in total. The van der Waals surface area contributed by atoms with Gasteiger partial charge in [0, 0.05) is 37.7 Å². The molecular weight excluding hydrogens is 378 g/mol. The minimum Gasteiger partial charge on any atom is -0.495 e. The third kappa shape index (κ3) is 5.09. The van der Waals surface area contributed by atoms with Crippen LogP contribution in [0.25, 0.3) is 0 Å². The molecule has 0 saturated carbocycles. The third-order valence-corrected chi connectivity index (χ3v) is 6.39. The molecule has 146 valence electrons. The lowest BCUT2D eigenvalue weighted by atomic mass is 10.3. The molecule has 7 nitrogen and oxygen atoms in total. The van der Waals surface area contributed by atoms with Gasteiger partial charge in [-0.25, -0.2) is 8.42 Å². The SMILES string of the molecule is CCCCN(CC(=O)N1CCNCC1)S(=O)(=O)c1cc(Cl)ccc1OC. The van der Waals surface area contributed by atoms with Gasteiger partial charge in [-0.2, -0.15) is 4.31 Å². The minimum absolute atomic E-state index is 0.0169. The van der Waals surface area contributed by atoms with Gasteiger partial charge in [0.25, 0.3) is 0 Å². The first kappa shape index (κ1) is 21.0. The molecule has 26 heavy (non-hydrogen) atoms. The summed E-state index contributed by atoms with van der Waals surface area (Å²) in [6.45, 7) is 4.67. The van der Waals surface area contributed by atoms with Gasteiger partial charge >= 0.3 is 0 Å². The van der Waals surface area contributed by atoms with Gasteiger partial charge in [-0.3, -0.25) is 4.79 Å². The molecule has 1 aliphatic heterocycles. The number of benzene rings is 1. The summed E-state index contributed by atoms with van der Waals surface area (Å²) in [6.07, 6.45) is 1.48. The standard InChI is InChI=1S/C17H26ClN3O4S/c1-3-4-9-21(13-17(22)20-10-7-19-8-11-20)26(23,24)16-12-14(18)5-6-15(16)25-2/h5-6,12,19H,3-4,7-11,13H2,1-2H3. The molecule has 0 spiro atoms. The number of nitrogens with one attached hydrogen (secondary N) is 1. The van der Waals surface area contributed by atoms with Crippen LogP contribution < -0.4 is 10.1 Å². The number of halogens is 1. The van der Waals surface area contributed by atoms with E-state index in [1.165, 1.54) is 23.5 Å². The first-order valence-electron chi connectivity index (χ1n) is 8.72. The van der Waals surface area contributed by atoms with Crippen molar-refractivity contribution in [2.45, 2.75) is 24.7 Å². The van der Waals surface area contributed by atoms with Crippen LogP contribution in [-0.2, 0) is 14.8 Å². The van der Waals surface area contributed by atoms with Crippen molar-refractivity contribution in [1.82, 2.24) is 14.5 Å². The van der Waals surface area contributed by atoms with Crippen LogP contribution in [0.15, 0.2) is 23.1 Å². The molecule has 0 radical (unpaired) electrons. The Hall–Kier alpha value is -1.35. The molecule has 1 heterocycles. The summed E-state index contributed by atoms with van der Waals surface area (Å²) in [5.74, 6) is 0.0256. The van der Waals surface area contributed by atoms with E-state index in [4.69, 9.17) is 16.3 Å². The molecule has 1 saturated heterocycles. The van der Waals surface area contributed by atoms with Gasteiger partial charge in [0.05, 0.1) is 13.7 Å². The largest absolute Gasteiger partial charge is 0.495 e. The van der Waals surface area contributed by atoms with Crippen LogP contribution in [0, 0.1) is 0 Å². The average molecular weight is 404 g/mol. The van der Waals surface area contributed by atoms with E-state index in [0.717, 1.165) is 19.5 Å². The van der Waals surface area contributed by atoms with Crippen LogP contribution in [0.5, 0.6) is 5.75 Å². The van der Waals surface area contributed by atoms with E-state index in [1.54, 1.807) is 11.0 Å². The van der Waals surface area contributed by atoms with Crippen LogP contribution in [-0.4, -0.2) is 69.9 Å². The molecule has 0 unspecified atom stereocenters. The highest BCUT2D eigenvalue weighted by atomic mass is 35.5. The summed E-state index contributed by atoms with van der Waals surface area (Å²) in [5, 5.41) is 3.48. The van der Waals surface area contributed by atoms with Crippen LogP contribution in [0.2, 0.25) is 5.02 Å². The maximum Gasteiger partial charge on any atom is 0.247 e. The summed E-state index contributed by atoms with van der Waals surface area (Å²) in [6, 6.07) is 4.46. The van der Waals surface area contributed by atoms with Gasteiger partial charge in [-0.15, -0.1) is 0 Å². The number of rotatable bonds is 8. The van der Waals surface area contributed by atoms with Crippen molar-refractivity contribution in [3.8, 4) is 5.75 Å². The normalized spacial score (nSPS) is 15.3. The molecule has 1 aromatic carbocycles. The molecule has 2 rings (SSSR count). The van der Waals surface area contributed by atoms with Crippen molar-refractivity contribution < 1.29 is 17.9 Å². The monoisotopic (exact) mass is 403 g/mol. The second-order valence-corrected chi connectivity index (χ2v) is 8.46. The minimum atomic E-state index is -3.91. The summed E-state index contributed by atoms with van der Waals surface area (Å²) >= 11 is 6.00. The van der Waals surface area contributed by atoms with E-state index in [-0.39, 0.29) is 29.6 Å². The Labute approximate surface area is 160 Å². The highest BCUT2D eigenvalue weighted by Gasteiger charge is 2.31. The number of hydrogen-bond donors (Lipinski definition) is 1. The molecule has 1 aliphatic rings. The summed E-state index contributed by atoms with van der Waals surface area (Å²) in [5.41, 5.74) is 0. The maximum atomic E-state index is 13.2. The average Bonchev–Trinajstić information content (AvgIpc) is 2.65. The van der Waals surface area contributed by atoms with Crippen LogP contribution in [0.3, 0.4) is 0 Å². The number of amides is 1. The topological polar surface area (TPSA) is 79.0 Å². The van der Waals surface area contributed by atoms with Crippen LogP contribution in [0.1, 0.15) is 19.8 Å². The molecule has 9 heteroatoms. The summed E-state index contributed by atoms with van der Waals surface area (Å²) in [4.78, 5) is 14.3. The highest BCUT2D eigenvalue weighted by molar-refractivity contribution is 7.89. The Balaban J connectivity index is 2.29. The Morgan fingerprint density at radius 2 is 2.04 bits per heavy atom. The number of hydrogen-bond acceptors (Lipinski definition) is 5. The van der Waals surface area contributed by atoms with Gasteiger partial charge in [0.2, 0.25) is 15.9 Å². The highest BCUT2D eigenvalue weighted by Crippen LogP contribution is 2.29. The van der Waals surface area contributed by atoms with E-state index in [0.29, 0.717) is 24.5 Å². The Bertz CT molecular complexity index is 721. The number of unbranched alkanes of at least 4 members (excludes halogenated alkanes) is 1. The zero-order valence-electron chi connectivity index (χ0n) is 15.2. The first-order chi connectivity index (χ1) is 12.4. The van der Waals surface area contributed by atoms with Crippen LogP contribution in [0.4, 0.5) is 0 Å². The predicted molar refractivity (Wildman–Crippen MR) is 101 cm³/mol. The first-order valence-corrected chi connectivity index (χ1v) is 10.5. The molecule has 1 aromatic rings. The van der Waals surface area contributed by atoms with Crippen molar-refractivity contribution >= 4 is 27.5 Å². The number of sulfonamides is 1. The Morgan fingerprint density at radius 3 is 2.65 bits per heavy atom. The van der Waals surface area contributed by atoms with E-state index in [9.17, 15) is 13.2 Å². The van der Waals surface area contributed by atoms with Crippen molar-refractivity contribution in [3.05, 3.63) is 23.2 Å². The van der Waals surface area contributed by atoms with Crippen molar-refractivity contribution in [1.29, 1.82) is 0 Å². The third-order valence-electron chi connectivity index (χ3n) is 4.29. The van der Waals surface area contributed by atoms with E-state index >= 15 is 0 Å². The van der Waals surface area contributed by atoms with Gasteiger partial charge in [0.15, 0.2) is 0 Å². The van der Waals surface area contributed by atoms with Crippen molar-refractivity contribution in [2.75, 3.05) is 46.4 Å². The summed E-state index contributed by atoms with van der Waals surface area (Å²) in [7, 11) is -2.50. The van der Waals surface area contributed by atoms with Gasteiger partial charge in [-0.1, -0.05) is 24.9 Å². The molecule has 0 aromatic heterocycles. The number of carbonyl (C=O) groups excluding carboxylic acids is 1. The Morgan fingerprint density at radius 1 is 1.35 bits per heavy atom. The fourth-order valence-electron chi connectivity index (χ4n) is 2.77. The van der Waals surface area contributed by atoms with Crippen LogP contribution >= 0.6 is 11.6 Å². The van der Waals surface area contributed by atoms with Crippen molar-refractivity contribution in [3.63, 3.8) is 0 Å². The summed E-state index contributed by atoms with van der Waals surface area (Å²) < 4.78 is 32.8. The van der Waals surface area contributed by atoms with E-state index in [2.05, 4.69) is 5.32 Å². The number of nitrogens with zero attached hydrogens (tertiary/aromatic N) is 2. The zero-order valence-corrected chi connectivity index (χ0v) is 16.8. The predicted octanol–water partition coefficient (Wildman–Crippen LogP) is 1.57. The number of piperazine rings is 1. The number of carbonyl (C=O) groups is 1. The smallest absolute Gasteiger partial charge is 0.247 e. The molecular formula is C17H26ClN3O4S. The Kier molecular flexibility index (Phi) is 7.69. The molecule has 1 amide bonds. The van der Waals surface area contributed by atoms with Gasteiger partial charge < -0.3 is 15.0 Å². The van der Waals surface area contributed by atoms with E-state index < -0.39 is 10.0 Å². The van der Waals surface area contributed by atoms with Gasteiger partial charge in [-0.05, 0) is 24.6 Å². The van der Waals surface area contributed by atoms with Gasteiger partial charge in [0.1, 0.15) is 10.6 Å². The van der Waals surface area contributed by atoms with Crippen molar-refractivity contribution in [2.24, 2.45) is 0 Å². The lowest BCUT2D eigenvalue weighted by Gasteiger charge is -2.30. The maximum absolute atomic E-state index is 13.2.